The van der Waals surface area contributed by atoms with E-state index in [4.69, 9.17) is 4.42 Å². The van der Waals surface area contributed by atoms with Crippen LogP contribution in [0.2, 0.25) is 0 Å². The molecule has 0 atom stereocenters. The summed E-state index contributed by atoms with van der Waals surface area (Å²) < 4.78 is 5.57. The van der Waals surface area contributed by atoms with E-state index in [-0.39, 0.29) is 0 Å². The van der Waals surface area contributed by atoms with Crippen molar-refractivity contribution in [2.45, 2.75) is 84.6 Å². The molecule has 1 heterocycles. The third kappa shape index (κ3) is 8.31. The molecule has 1 rings (SSSR count). The molecule has 0 saturated heterocycles. The van der Waals surface area contributed by atoms with Crippen LogP contribution in [0.4, 0.5) is 0 Å². The zero-order chi connectivity index (χ0) is 14.5. The number of hydrogen-bond acceptors (Lipinski definition) is 4. The van der Waals surface area contributed by atoms with E-state index >= 15 is 0 Å². The fourth-order valence-corrected chi connectivity index (χ4v) is 2.28. The van der Waals surface area contributed by atoms with Crippen LogP contribution in [0.3, 0.4) is 0 Å². The van der Waals surface area contributed by atoms with E-state index in [2.05, 4.69) is 29.4 Å². The van der Waals surface area contributed by atoms with Gasteiger partial charge in [0, 0.05) is 6.42 Å². The van der Waals surface area contributed by atoms with Crippen LogP contribution >= 0.6 is 0 Å². The van der Waals surface area contributed by atoms with Crippen molar-refractivity contribution in [2.75, 3.05) is 6.54 Å². The molecule has 0 radical (unpaired) electrons. The number of rotatable bonds is 13. The Kier molecular flexibility index (Phi) is 10.2. The first kappa shape index (κ1) is 17.2. The van der Waals surface area contributed by atoms with Gasteiger partial charge in [0.15, 0.2) is 0 Å². The molecule has 0 aliphatic carbocycles. The summed E-state index contributed by atoms with van der Waals surface area (Å²) in [6.45, 7) is 5.94. The lowest BCUT2D eigenvalue weighted by Gasteiger charge is -2.00. The number of hydrogen-bond donors (Lipinski definition) is 1. The fraction of sp³-hybridized carbons (Fsp3) is 0.875. The summed E-state index contributed by atoms with van der Waals surface area (Å²) >= 11 is 0. The lowest BCUT2D eigenvalue weighted by molar-refractivity contribution is 0.427. The summed E-state index contributed by atoms with van der Waals surface area (Å²) in [6.07, 6.45) is 13.0. The van der Waals surface area contributed by atoms with Crippen LogP contribution in [0.25, 0.3) is 0 Å². The molecule has 1 aromatic heterocycles. The second-order valence-electron chi connectivity index (χ2n) is 5.45. The number of unbranched alkanes of at least 4 members (excludes halogenated alkanes) is 8. The lowest BCUT2D eigenvalue weighted by atomic mass is 10.1. The molecule has 0 spiro atoms. The maximum absolute atomic E-state index is 5.57. The summed E-state index contributed by atoms with van der Waals surface area (Å²) in [5.41, 5.74) is 0. The predicted octanol–water partition coefficient (Wildman–Crippen LogP) is 4.25. The maximum Gasteiger partial charge on any atom is 0.230 e. The molecule has 0 unspecified atom stereocenters. The number of aryl methyl sites for hydroxylation is 1. The molecule has 0 fully saturated rings. The molecule has 0 aliphatic heterocycles. The molecule has 4 nitrogen and oxygen atoms in total. The van der Waals surface area contributed by atoms with Crippen LogP contribution in [0.1, 0.15) is 83.4 Å². The monoisotopic (exact) mass is 281 g/mol. The van der Waals surface area contributed by atoms with Crippen LogP contribution < -0.4 is 5.32 Å². The van der Waals surface area contributed by atoms with E-state index in [9.17, 15) is 0 Å². The van der Waals surface area contributed by atoms with Gasteiger partial charge in [0.1, 0.15) is 0 Å². The SMILES string of the molecule is CCCCCCCCCCCc1nnc(CNCC)o1. The minimum atomic E-state index is 0.682. The van der Waals surface area contributed by atoms with E-state index in [1.807, 2.05) is 0 Å². The van der Waals surface area contributed by atoms with Crippen LogP contribution in [0.15, 0.2) is 4.42 Å². The summed E-state index contributed by atoms with van der Waals surface area (Å²) in [4.78, 5) is 0. The normalized spacial score (nSPS) is 11.1. The molecule has 116 valence electrons. The highest BCUT2D eigenvalue weighted by atomic mass is 16.4. The Morgan fingerprint density at radius 2 is 1.40 bits per heavy atom. The Morgan fingerprint density at radius 1 is 0.800 bits per heavy atom. The largest absolute Gasteiger partial charge is 0.424 e. The minimum absolute atomic E-state index is 0.682. The van der Waals surface area contributed by atoms with Crippen molar-refractivity contribution >= 4 is 0 Å². The van der Waals surface area contributed by atoms with Gasteiger partial charge in [-0.25, -0.2) is 0 Å². The smallest absolute Gasteiger partial charge is 0.230 e. The summed E-state index contributed by atoms with van der Waals surface area (Å²) in [7, 11) is 0. The topological polar surface area (TPSA) is 51.0 Å². The minimum Gasteiger partial charge on any atom is -0.424 e. The first-order valence-corrected chi connectivity index (χ1v) is 8.38. The molecular weight excluding hydrogens is 250 g/mol. The third-order valence-corrected chi connectivity index (χ3v) is 3.53. The summed E-state index contributed by atoms with van der Waals surface area (Å²) in [6, 6.07) is 0. The molecule has 4 heteroatoms. The highest BCUT2D eigenvalue weighted by Crippen LogP contribution is 2.11. The van der Waals surface area contributed by atoms with E-state index in [0.717, 1.165) is 25.3 Å². The van der Waals surface area contributed by atoms with E-state index in [1.54, 1.807) is 0 Å². The fourth-order valence-electron chi connectivity index (χ4n) is 2.28. The van der Waals surface area contributed by atoms with Gasteiger partial charge < -0.3 is 9.73 Å². The van der Waals surface area contributed by atoms with E-state index in [0.29, 0.717) is 12.4 Å². The van der Waals surface area contributed by atoms with Crippen molar-refractivity contribution < 1.29 is 4.42 Å². The zero-order valence-electron chi connectivity index (χ0n) is 13.3. The van der Waals surface area contributed by atoms with Gasteiger partial charge in [-0.05, 0) is 13.0 Å². The van der Waals surface area contributed by atoms with Crippen molar-refractivity contribution in [1.82, 2.24) is 15.5 Å². The second-order valence-corrected chi connectivity index (χ2v) is 5.45. The van der Waals surface area contributed by atoms with Gasteiger partial charge in [0.25, 0.3) is 0 Å². The Morgan fingerprint density at radius 3 is 2.05 bits per heavy atom. The first-order chi connectivity index (χ1) is 9.86. The van der Waals surface area contributed by atoms with Crippen LogP contribution in [-0.4, -0.2) is 16.7 Å². The van der Waals surface area contributed by atoms with Gasteiger partial charge in [0.2, 0.25) is 11.8 Å². The third-order valence-electron chi connectivity index (χ3n) is 3.53. The zero-order valence-corrected chi connectivity index (χ0v) is 13.3. The number of aromatic nitrogens is 2. The van der Waals surface area contributed by atoms with Gasteiger partial charge in [-0.15, -0.1) is 10.2 Å². The Hall–Kier alpha value is -0.900. The Balaban J connectivity index is 1.94. The standard InChI is InChI=1S/C16H31N3O/c1-3-5-6-7-8-9-10-11-12-13-15-18-19-16(20-15)14-17-4-2/h17H,3-14H2,1-2H3. The van der Waals surface area contributed by atoms with Crippen molar-refractivity contribution in [1.29, 1.82) is 0 Å². The molecule has 20 heavy (non-hydrogen) atoms. The lowest BCUT2D eigenvalue weighted by Crippen LogP contribution is -2.11. The molecule has 0 aromatic carbocycles. The predicted molar refractivity (Wildman–Crippen MR) is 82.6 cm³/mol. The van der Waals surface area contributed by atoms with Crippen molar-refractivity contribution in [3.63, 3.8) is 0 Å². The van der Waals surface area contributed by atoms with Gasteiger partial charge in [-0.3, -0.25) is 0 Å². The van der Waals surface area contributed by atoms with Crippen LogP contribution in [0, 0.1) is 0 Å². The first-order valence-electron chi connectivity index (χ1n) is 8.38. The Bertz CT molecular complexity index is 325. The van der Waals surface area contributed by atoms with Gasteiger partial charge in [0.05, 0.1) is 6.54 Å². The van der Waals surface area contributed by atoms with Crippen molar-refractivity contribution in [3.8, 4) is 0 Å². The number of nitrogens with one attached hydrogen (secondary N) is 1. The van der Waals surface area contributed by atoms with Crippen molar-refractivity contribution in [3.05, 3.63) is 11.8 Å². The van der Waals surface area contributed by atoms with Gasteiger partial charge in [-0.1, -0.05) is 65.2 Å². The van der Waals surface area contributed by atoms with Crippen LogP contribution in [0.5, 0.6) is 0 Å². The van der Waals surface area contributed by atoms with Crippen LogP contribution in [-0.2, 0) is 13.0 Å². The van der Waals surface area contributed by atoms with Gasteiger partial charge >= 0.3 is 0 Å². The molecule has 0 saturated carbocycles. The molecule has 0 bridgehead atoms. The highest BCUT2D eigenvalue weighted by molar-refractivity contribution is 4.81. The maximum atomic E-state index is 5.57. The molecular formula is C16H31N3O. The average Bonchev–Trinajstić information content (AvgIpc) is 2.91. The highest BCUT2D eigenvalue weighted by Gasteiger charge is 2.04. The number of nitrogens with zero attached hydrogens (tertiary/aromatic N) is 2. The van der Waals surface area contributed by atoms with Gasteiger partial charge in [-0.2, -0.15) is 0 Å². The average molecular weight is 281 g/mol. The molecule has 0 amide bonds. The quantitative estimate of drug-likeness (QED) is 0.549. The van der Waals surface area contributed by atoms with E-state index in [1.165, 1.54) is 51.4 Å². The molecule has 1 aromatic rings. The summed E-state index contributed by atoms with van der Waals surface area (Å²) in [5.74, 6) is 1.50. The van der Waals surface area contributed by atoms with Crippen molar-refractivity contribution in [2.24, 2.45) is 0 Å². The second kappa shape index (κ2) is 11.9. The molecule has 1 N–H and O–H groups in total. The Labute approximate surface area is 123 Å². The molecule has 0 aliphatic rings. The van der Waals surface area contributed by atoms with E-state index < -0.39 is 0 Å². The summed E-state index contributed by atoms with van der Waals surface area (Å²) in [5, 5.41) is 11.3.